The Morgan fingerprint density at radius 3 is 2.45 bits per heavy atom. The third-order valence-corrected chi connectivity index (χ3v) is 6.60. The first kappa shape index (κ1) is 22.2. The van der Waals surface area contributed by atoms with E-state index in [1.165, 1.54) is 19.3 Å². The number of nitrogens with zero attached hydrogens (tertiary/aromatic N) is 1. The second kappa shape index (κ2) is 10.5. The number of nitrogens with one attached hydrogen (secondary N) is 2. The molecule has 1 aromatic rings. The molecule has 5 nitrogen and oxygen atoms in total. The van der Waals surface area contributed by atoms with Crippen LogP contribution < -0.4 is 10.6 Å². The number of urea groups is 1. The van der Waals surface area contributed by atoms with Crippen LogP contribution in [0.1, 0.15) is 57.4 Å². The second-order valence-electron chi connectivity index (χ2n) is 8.39. The Hall–Kier alpha value is -1.46. The van der Waals surface area contributed by atoms with E-state index in [1.54, 1.807) is 12.1 Å². The standard InChI is InChI=1S/C22H31Cl2N3O2/c1-15(13-17-7-8-18(23)14-20(17)24)25-22(29)26-19-9-11-27(12-10-19)21(28)16-5-3-2-4-6-16/h7-8,14-16,19H,2-6,9-13H2,1H3,(H2,25,26,29). The Balaban J connectivity index is 1.39. The molecule has 3 amide bonds. The Kier molecular flexibility index (Phi) is 8.07. The fraction of sp³-hybridized carbons (Fsp3) is 0.636. The van der Waals surface area contributed by atoms with Gasteiger partial charge in [0.25, 0.3) is 0 Å². The number of rotatable bonds is 5. The number of likely N-dealkylation sites (tertiary alicyclic amines) is 1. The van der Waals surface area contributed by atoms with E-state index in [9.17, 15) is 9.59 Å². The third kappa shape index (κ3) is 6.51. The van der Waals surface area contributed by atoms with E-state index < -0.39 is 0 Å². The van der Waals surface area contributed by atoms with Gasteiger partial charge < -0.3 is 15.5 Å². The molecule has 160 valence electrons. The summed E-state index contributed by atoms with van der Waals surface area (Å²) in [6, 6.07) is 5.30. The van der Waals surface area contributed by atoms with E-state index in [1.807, 2.05) is 17.9 Å². The van der Waals surface area contributed by atoms with Gasteiger partial charge in [-0.2, -0.15) is 0 Å². The predicted octanol–water partition coefficient (Wildman–Crippen LogP) is 4.79. The van der Waals surface area contributed by atoms with Gasteiger partial charge in [0.1, 0.15) is 0 Å². The van der Waals surface area contributed by atoms with Crippen LogP contribution >= 0.6 is 23.2 Å². The Morgan fingerprint density at radius 2 is 1.79 bits per heavy atom. The van der Waals surface area contributed by atoms with Crippen LogP contribution in [0.15, 0.2) is 18.2 Å². The number of hydrogen-bond acceptors (Lipinski definition) is 2. The molecule has 2 aliphatic rings. The molecule has 2 fully saturated rings. The average Bonchev–Trinajstić information content (AvgIpc) is 2.70. The number of carbonyl (C=O) groups is 2. The molecule has 1 aromatic carbocycles. The number of amides is 3. The molecule has 0 radical (unpaired) electrons. The molecule has 1 heterocycles. The normalized spacial score (nSPS) is 19.6. The smallest absolute Gasteiger partial charge is 0.315 e. The van der Waals surface area contributed by atoms with Crippen molar-refractivity contribution in [3.63, 3.8) is 0 Å². The highest BCUT2D eigenvalue weighted by Gasteiger charge is 2.29. The van der Waals surface area contributed by atoms with Crippen molar-refractivity contribution < 1.29 is 9.59 Å². The lowest BCUT2D eigenvalue weighted by Crippen LogP contribution is -2.51. The lowest BCUT2D eigenvalue weighted by Gasteiger charge is -2.35. The molecule has 1 saturated heterocycles. The molecule has 1 aliphatic carbocycles. The monoisotopic (exact) mass is 439 g/mol. The Morgan fingerprint density at radius 1 is 1.10 bits per heavy atom. The molecular weight excluding hydrogens is 409 g/mol. The third-order valence-electron chi connectivity index (χ3n) is 6.01. The molecule has 1 atom stereocenters. The summed E-state index contributed by atoms with van der Waals surface area (Å²) in [6.07, 6.45) is 7.93. The van der Waals surface area contributed by atoms with Gasteiger partial charge in [-0.1, -0.05) is 48.5 Å². The zero-order valence-electron chi connectivity index (χ0n) is 17.1. The topological polar surface area (TPSA) is 61.4 Å². The largest absolute Gasteiger partial charge is 0.342 e. The average molecular weight is 440 g/mol. The van der Waals surface area contributed by atoms with Gasteiger partial charge in [-0.25, -0.2) is 4.79 Å². The van der Waals surface area contributed by atoms with Crippen molar-refractivity contribution in [1.82, 2.24) is 15.5 Å². The molecule has 1 unspecified atom stereocenters. The van der Waals surface area contributed by atoms with Gasteiger partial charge in [-0.05, 0) is 56.7 Å². The first-order valence-electron chi connectivity index (χ1n) is 10.7. The number of halogens is 2. The molecular formula is C22H31Cl2N3O2. The summed E-state index contributed by atoms with van der Waals surface area (Å²) in [4.78, 5) is 27.0. The maximum atomic E-state index is 12.7. The minimum atomic E-state index is -0.167. The van der Waals surface area contributed by atoms with E-state index in [0.29, 0.717) is 22.4 Å². The molecule has 0 spiro atoms. The molecule has 3 rings (SSSR count). The van der Waals surface area contributed by atoms with Crippen LogP contribution in [0.5, 0.6) is 0 Å². The highest BCUT2D eigenvalue weighted by molar-refractivity contribution is 6.35. The molecule has 1 saturated carbocycles. The Bertz CT molecular complexity index is 714. The van der Waals surface area contributed by atoms with Crippen LogP contribution in [0, 0.1) is 5.92 Å². The van der Waals surface area contributed by atoms with Gasteiger partial charge in [-0.3, -0.25) is 4.79 Å². The van der Waals surface area contributed by atoms with Crippen LogP contribution in [0.25, 0.3) is 0 Å². The summed E-state index contributed by atoms with van der Waals surface area (Å²) in [7, 11) is 0. The molecule has 0 bridgehead atoms. The number of piperidine rings is 1. The summed E-state index contributed by atoms with van der Waals surface area (Å²) < 4.78 is 0. The minimum absolute atomic E-state index is 0.0540. The summed E-state index contributed by atoms with van der Waals surface area (Å²) in [6.45, 7) is 3.42. The fourth-order valence-electron chi connectivity index (χ4n) is 4.37. The number of hydrogen-bond donors (Lipinski definition) is 2. The first-order chi connectivity index (χ1) is 13.9. The van der Waals surface area contributed by atoms with Crippen LogP contribution in [-0.2, 0) is 11.2 Å². The van der Waals surface area contributed by atoms with E-state index >= 15 is 0 Å². The van der Waals surface area contributed by atoms with Crippen molar-refractivity contribution in [2.75, 3.05) is 13.1 Å². The zero-order valence-corrected chi connectivity index (χ0v) is 18.6. The van der Waals surface area contributed by atoms with E-state index in [-0.39, 0.29) is 24.0 Å². The van der Waals surface area contributed by atoms with Crippen LogP contribution in [0.3, 0.4) is 0 Å². The molecule has 7 heteroatoms. The molecule has 2 N–H and O–H groups in total. The predicted molar refractivity (Wildman–Crippen MR) is 117 cm³/mol. The minimum Gasteiger partial charge on any atom is -0.342 e. The van der Waals surface area contributed by atoms with E-state index in [2.05, 4.69) is 10.6 Å². The lowest BCUT2D eigenvalue weighted by atomic mass is 9.87. The lowest BCUT2D eigenvalue weighted by molar-refractivity contribution is -0.137. The van der Waals surface area contributed by atoms with Gasteiger partial charge in [0.15, 0.2) is 0 Å². The first-order valence-corrected chi connectivity index (χ1v) is 11.5. The highest BCUT2D eigenvalue weighted by Crippen LogP contribution is 2.26. The zero-order chi connectivity index (χ0) is 20.8. The van der Waals surface area contributed by atoms with Crippen molar-refractivity contribution >= 4 is 35.1 Å². The maximum absolute atomic E-state index is 12.7. The van der Waals surface area contributed by atoms with E-state index in [4.69, 9.17) is 23.2 Å². The number of benzene rings is 1. The SMILES string of the molecule is CC(Cc1ccc(Cl)cc1Cl)NC(=O)NC1CCN(C(=O)C2CCCCC2)CC1. The van der Waals surface area contributed by atoms with Gasteiger partial charge in [-0.15, -0.1) is 0 Å². The van der Waals surface area contributed by atoms with Gasteiger partial charge in [0.2, 0.25) is 5.91 Å². The van der Waals surface area contributed by atoms with Crippen molar-refractivity contribution in [3.8, 4) is 0 Å². The van der Waals surface area contributed by atoms with Crippen molar-refractivity contribution in [1.29, 1.82) is 0 Å². The van der Waals surface area contributed by atoms with Gasteiger partial charge >= 0.3 is 6.03 Å². The summed E-state index contributed by atoms with van der Waals surface area (Å²) >= 11 is 12.1. The summed E-state index contributed by atoms with van der Waals surface area (Å²) in [5.74, 6) is 0.540. The fourth-order valence-corrected chi connectivity index (χ4v) is 4.86. The maximum Gasteiger partial charge on any atom is 0.315 e. The summed E-state index contributed by atoms with van der Waals surface area (Å²) in [5.41, 5.74) is 0.957. The van der Waals surface area contributed by atoms with Crippen molar-refractivity contribution in [2.45, 2.75) is 70.4 Å². The van der Waals surface area contributed by atoms with Gasteiger partial charge in [0.05, 0.1) is 0 Å². The van der Waals surface area contributed by atoms with Crippen molar-refractivity contribution in [3.05, 3.63) is 33.8 Å². The highest BCUT2D eigenvalue weighted by atomic mass is 35.5. The second-order valence-corrected chi connectivity index (χ2v) is 9.24. The quantitative estimate of drug-likeness (QED) is 0.691. The molecule has 29 heavy (non-hydrogen) atoms. The number of carbonyl (C=O) groups excluding carboxylic acids is 2. The molecule has 0 aromatic heterocycles. The molecule has 1 aliphatic heterocycles. The van der Waals surface area contributed by atoms with Gasteiger partial charge in [0, 0.05) is 41.1 Å². The van der Waals surface area contributed by atoms with Crippen LogP contribution in [0.4, 0.5) is 4.79 Å². The summed E-state index contributed by atoms with van der Waals surface area (Å²) in [5, 5.41) is 7.25. The Labute approximate surface area is 183 Å². The van der Waals surface area contributed by atoms with Crippen molar-refractivity contribution in [2.24, 2.45) is 5.92 Å². The van der Waals surface area contributed by atoms with Crippen LogP contribution in [0.2, 0.25) is 10.0 Å². The van der Waals surface area contributed by atoms with Crippen LogP contribution in [-0.4, -0.2) is 42.0 Å². The van der Waals surface area contributed by atoms with E-state index in [0.717, 1.165) is 44.3 Å².